The van der Waals surface area contributed by atoms with Gasteiger partial charge in [-0.15, -0.1) is 4.58 Å². The number of hydrogen-bond donors (Lipinski definition) is 0. The van der Waals surface area contributed by atoms with Crippen LogP contribution in [-0.2, 0) is 9.59 Å². The highest BCUT2D eigenvalue weighted by molar-refractivity contribution is 6.39. The summed E-state index contributed by atoms with van der Waals surface area (Å²) in [7, 11) is 0. The molecule has 2 amide bonds. The molecule has 0 atom stereocenters. The highest BCUT2D eigenvalue weighted by Crippen LogP contribution is 2.17. The number of hydrogen-bond acceptors (Lipinski definition) is 2. The molecule has 0 bridgehead atoms. The third-order valence-electron chi connectivity index (χ3n) is 2.29. The topological polar surface area (TPSA) is 49.5 Å². The van der Waals surface area contributed by atoms with E-state index in [4.69, 9.17) is 0 Å². The molecule has 0 N–H and O–H groups in total. The quantitative estimate of drug-likeness (QED) is 0.521. The van der Waals surface area contributed by atoms with Crippen molar-refractivity contribution in [3.63, 3.8) is 0 Å². The molecule has 4 nitrogen and oxygen atoms in total. The zero-order valence-corrected chi connectivity index (χ0v) is 9.10. The fraction of sp³-hybridized carbons (Fsp3) is 0.167. The maximum absolute atomic E-state index is 11.6. The molecule has 0 fully saturated rings. The van der Waals surface area contributed by atoms with Crippen LogP contribution in [0, 0.1) is 13.8 Å². The van der Waals surface area contributed by atoms with E-state index in [-0.39, 0.29) is 0 Å². The van der Waals surface area contributed by atoms with Gasteiger partial charge < -0.3 is 0 Å². The number of benzene rings is 1. The van der Waals surface area contributed by atoms with Crippen LogP contribution in [0.2, 0.25) is 0 Å². The smallest absolute Gasteiger partial charge is 0.255 e. The van der Waals surface area contributed by atoms with Crippen molar-refractivity contribution in [1.29, 1.82) is 0 Å². The SMILES string of the molecule is Cc1cc(C)cc([N+]2=CC=NC(=O)C2=O)c1. The lowest BCUT2D eigenvalue weighted by atomic mass is 10.1. The van der Waals surface area contributed by atoms with E-state index in [0.29, 0.717) is 5.69 Å². The van der Waals surface area contributed by atoms with Gasteiger partial charge in [0.25, 0.3) is 0 Å². The maximum Gasteiger partial charge on any atom is 0.485 e. The predicted octanol–water partition coefficient (Wildman–Crippen LogP) is 1.16. The Morgan fingerprint density at radius 2 is 1.69 bits per heavy atom. The molecular weight excluding hydrogens is 204 g/mol. The van der Waals surface area contributed by atoms with Gasteiger partial charge in [0.1, 0.15) is 0 Å². The molecule has 2 rings (SSSR count). The van der Waals surface area contributed by atoms with Gasteiger partial charge in [-0.3, -0.25) is 4.79 Å². The van der Waals surface area contributed by atoms with Gasteiger partial charge in [-0.1, -0.05) is 6.07 Å². The monoisotopic (exact) mass is 215 g/mol. The number of carbonyl (C=O) groups is 2. The van der Waals surface area contributed by atoms with Gasteiger partial charge in [0, 0.05) is 12.1 Å². The fourth-order valence-corrected chi connectivity index (χ4v) is 1.69. The van der Waals surface area contributed by atoms with Gasteiger partial charge in [-0.05, 0) is 25.0 Å². The van der Waals surface area contributed by atoms with Crippen molar-refractivity contribution < 1.29 is 14.2 Å². The summed E-state index contributed by atoms with van der Waals surface area (Å²) >= 11 is 0. The van der Waals surface area contributed by atoms with E-state index in [1.165, 1.54) is 17.0 Å². The maximum atomic E-state index is 11.6. The van der Waals surface area contributed by atoms with E-state index in [2.05, 4.69) is 4.99 Å². The average molecular weight is 215 g/mol. The lowest BCUT2D eigenvalue weighted by Crippen LogP contribution is -2.28. The Morgan fingerprint density at radius 3 is 2.31 bits per heavy atom. The van der Waals surface area contributed by atoms with Gasteiger partial charge in [0.2, 0.25) is 5.69 Å². The van der Waals surface area contributed by atoms with Gasteiger partial charge in [-0.2, -0.15) is 0 Å². The first-order valence-electron chi connectivity index (χ1n) is 4.91. The zero-order chi connectivity index (χ0) is 11.7. The molecule has 1 aromatic carbocycles. The van der Waals surface area contributed by atoms with E-state index < -0.39 is 11.8 Å². The molecule has 0 radical (unpaired) electrons. The summed E-state index contributed by atoms with van der Waals surface area (Å²) in [6.45, 7) is 3.89. The zero-order valence-electron chi connectivity index (χ0n) is 9.10. The van der Waals surface area contributed by atoms with E-state index in [0.717, 1.165) is 11.1 Å². The van der Waals surface area contributed by atoms with Crippen LogP contribution in [0.15, 0.2) is 23.2 Å². The van der Waals surface area contributed by atoms with Crippen molar-refractivity contribution in [2.45, 2.75) is 13.8 Å². The molecule has 0 spiro atoms. The Labute approximate surface area is 92.9 Å². The summed E-state index contributed by atoms with van der Waals surface area (Å²) in [5.74, 6) is -1.35. The lowest BCUT2D eigenvalue weighted by molar-refractivity contribution is -0.356. The van der Waals surface area contributed by atoms with Crippen molar-refractivity contribution in [1.82, 2.24) is 0 Å². The summed E-state index contributed by atoms with van der Waals surface area (Å²) in [4.78, 5) is 26.1. The number of aliphatic imine (C=N–C) groups is 1. The molecule has 1 aliphatic heterocycles. The van der Waals surface area contributed by atoms with E-state index in [1.807, 2.05) is 32.0 Å². The van der Waals surface area contributed by atoms with Gasteiger partial charge in [-0.25, -0.2) is 9.79 Å². The van der Waals surface area contributed by atoms with E-state index in [1.54, 1.807) is 0 Å². The predicted molar refractivity (Wildman–Crippen MR) is 60.4 cm³/mol. The minimum Gasteiger partial charge on any atom is -0.255 e. The third-order valence-corrected chi connectivity index (χ3v) is 2.29. The summed E-state index contributed by atoms with van der Waals surface area (Å²) < 4.78 is 1.31. The van der Waals surface area contributed by atoms with Crippen molar-refractivity contribution in [3.05, 3.63) is 29.3 Å². The Hall–Kier alpha value is -2.10. The van der Waals surface area contributed by atoms with Crippen molar-refractivity contribution in [3.8, 4) is 0 Å². The lowest BCUT2D eigenvalue weighted by Gasteiger charge is -2.02. The largest absolute Gasteiger partial charge is 0.485 e. The Bertz CT molecular complexity index is 522. The molecule has 80 valence electrons. The Kier molecular flexibility index (Phi) is 2.48. The van der Waals surface area contributed by atoms with Crippen LogP contribution < -0.4 is 0 Å². The molecule has 1 aliphatic rings. The fourth-order valence-electron chi connectivity index (χ4n) is 1.69. The Balaban J connectivity index is 2.52. The standard InChI is InChI=1S/C12H11N2O2/c1-8-5-9(2)7-10(6-8)14-4-3-13-11(15)12(14)16/h3-7H,1-2H3/q+1. The summed E-state index contributed by atoms with van der Waals surface area (Å²) in [6.07, 6.45) is 2.83. The first-order valence-corrected chi connectivity index (χ1v) is 4.91. The van der Waals surface area contributed by atoms with Crippen molar-refractivity contribution >= 4 is 29.9 Å². The van der Waals surface area contributed by atoms with Crippen LogP contribution >= 0.6 is 0 Å². The van der Waals surface area contributed by atoms with Crippen LogP contribution in [0.3, 0.4) is 0 Å². The van der Waals surface area contributed by atoms with Crippen LogP contribution in [0.1, 0.15) is 11.1 Å². The minimum atomic E-state index is -0.735. The second-order valence-electron chi connectivity index (χ2n) is 3.75. The van der Waals surface area contributed by atoms with Crippen LogP contribution in [0.25, 0.3) is 0 Å². The molecule has 1 heterocycles. The van der Waals surface area contributed by atoms with Crippen LogP contribution in [0.5, 0.6) is 0 Å². The van der Waals surface area contributed by atoms with Crippen LogP contribution in [-0.4, -0.2) is 28.8 Å². The van der Waals surface area contributed by atoms with E-state index >= 15 is 0 Å². The van der Waals surface area contributed by atoms with E-state index in [9.17, 15) is 9.59 Å². The van der Waals surface area contributed by atoms with Gasteiger partial charge in [0.05, 0.1) is 6.21 Å². The molecular formula is C12H11N2O2+. The first-order chi connectivity index (χ1) is 7.58. The minimum absolute atomic E-state index is 0.618. The summed E-state index contributed by atoms with van der Waals surface area (Å²) in [5.41, 5.74) is 2.79. The van der Waals surface area contributed by atoms with Crippen LogP contribution in [0.4, 0.5) is 5.69 Å². The molecule has 1 aromatic rings. The number of carbonyl (C=O) groups excluding carboxylic acids is 2. The number of aryl methyl sites for hydroxylation is 2. The van der Waals surface area contributed by atoms with Crippen molar-refractivity contribution in [2.75, 3.05) is 0 Å². The first kappa shape index (κ1) is 10.4. The van der Waals surface area contributed by atoms with Gasteiger partial charge in [0.15, 0.2) is 6.21 Å². The molecule has 0 saturated heterocycles. The Morgan fingerprint density at radius 1 is 1.06 bits per heavy atom. The van der Waals surface area contributed by atoms with Gasteiger partial charge >= 0.3 is 11.8 Å². The number of rotatable bonds is 1. The number of nitrogens with zero attached hydrogens (tertiary/aromatic N) is 2. The second kappa shape index (κ2) is 3.81. The third kappa shape index (κ3) is 1.82. The second-order valence-corrected chi connectivity index (χ2v) is 3.75. The molecule has 0 aliphatic carbocycles. The van der Waals surface area contributed by atoms with Crippen molar-refractivity contribution in [2.24, 2.45) is 4.99 Å². The average Bonchev–Trinajstić information content (AvgIpc) is 2.20. The summed E-state index contributed by atoms with van der Waals surface area (Å²) in [6, 6.07) is 5.72. The molecule has 4 heteroatoms. The normalized spacial score (nSPS) is 15.2. The highest BCUT2D eigenvalue weighted by atomic mass is 16.2. The molecule has 0 saturated carbocycles. The molecule has 0 unspecified atom stereocenters. The highest BCUT2D eigenvalue weighted by Gasteiger charge is 2.30. The number of amides is 2. The summed E-state index contributed by atoms with van der Waals surface area (Å²) in [5, 5.41) is 0. The molecule has 16 heavy (non-hydrogen) atoms. The molecule has 0 aromatic heterocycles.